The van der Waals surface area contributed by atoms with Crippen LogP contribution < -0.4 is 9.46 Å². The number of sulfonamides is 1. The van der Waals surface area contributed by atoms with Crippen LogP contribution in [0.2, 0.25) is 0 Å². The fourth-order valence-electron chi connectivity index (χ4n) is 5.98. The number of aryl methyl sites for hydroxylation is 2. The first kappa shape index (κ1) is 21.4. The van der Waals surface area contributed by atoms with Crippen molar-refractivity contribution in [3.05, 3.63) is 59.2 Å². The minimum atomic E-state index is -3.55. The van der Waals surface area contributed by atoms with Gasteiger partial charge in [0, 0.05) is 6.04 Å². The van der Waals surface area contributed by atoms with E-state index < -0.39 is 10.0 Å². The molecule has 0 radical (unpaired) electrons. The van der Waals surface area contributed by atoms with Crippen LogP contribution in [0, 0.1) is 18.3 Å². The van der Waals surface area contributed by atoms with Gasteiger partial charge in [0.1, 0.15) is 5.75 Å². The summed E-state index contributed by atoms with van der Waals surface area (Å²) in [5.74, 6) is 1.29. The van der Waals surface area contributed by atoms with Gasteiger partial charge in [-0.2, -0.15) is 0 Å². The molecule has 2 aliphatic carbocycles. The summed E-state index contributed by atoms with van der Waals surface area (Å²) in [6, 6.07) is 13.5. The van der Waals surface area contributed by atoms with E-state index >= 15 is 0 Å². The Morgan fingerprint density at radius 3 is 2.40 bits per heavy atom. The Bertz CT molecular complexity index is 1040. The normalized spacial score (nSPS) is 27.8. The van der Waals surface area contributed by atoms with E-state index in [1.807, 2.05) is 19.1 Å². The summed E-state index contributed by atoms with van der Waals surface area (Å²) in [5.41, 5.74) is 3.71. The highest BCUT2D eigenvalue weighted by molar-refractivity contribution is 7.89. The van der Waals surface area contributed by atoms with Gasteiger partial charge in [0.2, 0.25) is 10.0 Å². The summed E-state index contributed by atoms with van der Waals surface area (Å²) < 4.78 is 34.8. The van der Waals surface area contributed by atoms with Gasteiger partial charge in [-0.05, 0) is 84.7 Å². The average Bonchev–Trinajstić information content (AvgIpc) is 2.70. The SMILES string of the molecule is COc1ccc2c(c1)[C@@]1(C)CC[C@H](NS(=O)(=O)c3ccc(C)cc3)C(C)(C)[C@@H]1CC2. The van der Waals surface area contributed by atoms with Crippen molar-refractivity contribution in [2.24, 2.45) is 11.3 Å². The summed E-state index contributed by atoms with van der Waals surface area (Å²) in [4.78, 5) is 0.343. The second kappa shape index (κ2) is 7.38. The van der Waals surface area contributed by atoms with Crippen molar-refractivity contribution in [1.82, 2.24) is 4.72 Å². The van der Waals surface area contributed by atoms with Crippen LogP contribution in [0.1, 0.15) is 56.7 Å². The van der Waals surface area contributed by atoms with Crippen molar-refractivity contribution in [2.75, 3.05) is 7.11 Å². The molecule has 1 N–H and O–H groups in total. The number of benzene rings is 2. The molecule has 0 heterocycles. The van der Waals surface area contributed by atoms with Crippen LogP contribution in [0.4, 0.5) is 0 Å². The molecule has 2 aromatic carbocycles. The standard InChI is InChI=1S/C25H33NO3S/c1-17-6-11-20(12-7-17)30(27,28)26-23-14-15-25(4)21-16-19(29-5)10-8-18(21)9-13-22(25)24(23,2)3/h6-8,10-12,16,22-23,26H,9,13-15H2,1-5H3/t22-,23-,25+/m0/s1. The highest BCUT2D eigenvalue weighted by atomic mass is 32.2. The zero-order valence-electron chi connectivity index (χ0n) is 18.7. The lowest BCUT2D eigenvalue weighted by Crippen LogP contribution is -2.58. The molecule has 30 heavy (non-hydrogen) atoms. The zero-order chi connectivity index (χ0) is 21.7. The quantitative estimate of drug-likeness (QED) is 0.748. The lowest BCUT2D eigenvalue weighted by molar-refractivity contribution is 0.0157. The molecule has 1 saturated carbocycles. The van der Waals surface area contributed by atoms with Gasteiger partial charge in [0.25, 0.3) is 0 Å². The average molecular weight is 428 g/mol. The molecule has 0 bridgehead atoms. The molecule has 0 aromatic heterocycles. The van der Waals surface area contributed by atoms with E-state index in [0.717, 1.165) is 37.0 Å². The van der Waals surface area contributed by atoms with Gasteiger partial charge in [-0.15, -0.1) is 0 Å². The van der Waals surface area contributed by atoms with E-state index in [0.29, 0.717) is 10.8 Å². The summed E-state index contributed by atoms with van der Waals surface area (Å²) >= 11 is 0. The molecule has 2 aromatic rings. The van der Waals surface area contributed by atoms with Gasteiger partial charge >= 0.3 is 0 Å². The highest BCUT2D eigenvalue weighted by Gasteiger charge is 2.54. The van der Waals surface area contributed by atoms with Gasteiger partial charge in [-0.3, -0.25) is 0 Å². The number of nitrogens with one attached hydrogen (secondary N) is 1. The third-order valence-electron chi connectivity index (χ3n) is 7.78. The molecule has 0 unspecified atom stereocenters. The molecule has 4 rings (SSSR count). The zero-order valence-corrected chi connectivity index (χ0v) is 19.5. The molecule has 1 fully saturated rings. The van der Waals surface area contributed by atoms with E-state index in [4.69, 9.17) is 4.74 Å². The van der Waals surface area contributed by atoms with Gasteiger partial charge in [0.15, 0.2) is 0 Å². The van der Waals surface area contributed by atoms with E-state index in [1.165, 1.54) is 11.1 Å². The number of methoxy groups -OCH3 is 1. The van der Waals surface area contributed by atoms with Gasteiger partial charge in [0.05, 0.1) is 12.0 Å². The maximum Gasteiger partial charge on any atom is 0.240 e. The Balaban J connectivity index is 1.65. The highest BCUT2D eigenvalue weighted by Crippen LogP contribution is 2.57. The predicted molar refractivity (Wildman–Crippen MR) is 120 cm³/mol. The topological polar surface area (TPSA) is 55.4 Å². The van der Waals surface area contributed by atoms with Crippen LogP contribution in [0.25, 0.3) is 0 Å². The van der Waals surface area contributed by atoms with Crippen LogP contribution >= 0.6 is 0 Å². The number of fused-ring (bicyclic) bond motifs is 3. The Morgan fingerprint density at radius 2 is 1.73 bits per heavy atom. The van der Waals surface area contributed by atoms with E-state index in [1.54, 1.807) is 19.2 Å². The van der Waals surface area contributed by atoms with Crippen LogP contribution in [-0.4, -0.2) is 21.6 Å². The third kappa shape index (κ3) is 3.46. The van der Waals surface area contributed by atoms with Crippen LogP contribution in [0.15, 0.2) is 47.4 Å². The molecule has 5 heteroatoms. The number of hydrogen-bond acceptors (Lipinski definition) is 3. The second-order valence-electron chi connectivity index (χ2n) is 9.88. The summed E-state index contributed by atoms with van der Waals surface area (Å²) in [5, 5.41) is 0. The van der Waals surface area contributed by atoms with Gasteiger partial charge < -0.3 is 4.74 Å². The van der Waals surface area contributed by atoms with E-state index in [9.17, 15) is 8.42 Å². The number of hydrogen-bond donors (Lipinski definition) is 1. The van der Waals surface area contributed by atoms with Crippen LogP contribution in [0.5, 0.6) is 5.75 Å². The minimum absolute atomic E-state index is 0.0252. The fraction of sp³-hybridized carbons (Fsp3) is 0.520. The molecule has 162 valence electrons. The third-order valence-corrected chi connectivity index (χ3v) is 9.27. The van der Waals surface area contributed by atoms with E-state index in [-0.39, 0.29) is 16.9 Å². The molecule has 2 aliphatic rings. The number of ether oxygens (including phenoxy) is 1. The second-order valence-corrected chi connectivity index (χ2v) is 11.6. The molecule has 4 nitrogen and oxygen atoms in total. The first-order valence-electron chi connectivity index (χ1n) is 10.8. The van der Waals surface area contributed by atoms with Crippen molar-refractivity contribution in [3.63, 3.8) is 0 Å². The molecular weight excluding hydrogens is 394 g/mol. The minimum Gasteiger partial charge on any atom is -0.497 e. The predicted octanol–water partition coefficient (Wildman–Crippen LogP) is 4.99. The molecule has 0 spiro atoms. The first-order valence-corrected chi connectivity index (χ1v) is 12.3. The maximum absolute atomic E-state index is 13.1. The summed E-state index contributed by atoms with van der Waals surface area (Å²) in [6.07, 6.45) is 3.89. The Kier molecular flexibility index (Phi) is 5.26. The molecule has 0 aliphatic heterocycles. The smallest absolute Gasteiger partial charge is 0.240 e. The van der Waals surface area contributed by atoms with E-state index in [2.05, 4.69) is 43.7 Å². The van der Waals surface area contributed by atoms with Crippen molar-refractivity contribution in [1.29, 1.82) is 0 Å². The Morgan fingerprint density at radius 1 is 1.03 bits per heavy atom. The molecule has 0 saturated heterocycles. The van der Waals surface area contributed by atoms with Gasteiger partial charge in [-0.25, -0.2) is 13.1 Å². The Hall–Kier alpha value is -1.85. The fourth-order valence-corrected chi connectivity index (χ4v) is 7.41. The van der Waals surface area contributed by atoms with Crippen molar-refractivity contribution in [3.8, 4) is 5.75 Å². The van der Waals surface area contributed by atoms with Crippen LogP contribution in [-0.2, 0) is 21.9 Å². The maximum atomic E-state index is 13.1. The molecule has 3 atom stereocenters. The summed E-state index contributed by atoms with van der Waals surface area (Å²) in [6.45, 7) is 8.80. The Labute approximate surface area is 181 Å². The number of rotatable bonds is 4. The first-order chi connectivity index (χ1) is 14.1. The molecular formula is C25H33NO3S. The lowest BCUT2D eigenvalue weighted by Gasteiger charge is -2.57. The van der Waals surface area contributed by atoms with Crippen LogP contribution in [0.3, 0.4) is 0 Å². The lowest BCUT2D eigenvalue weighted by atomic mass is 9.49. The largest absolute Gasteiger partial charge is 0.497 e. The van der Waals surface area contributed by atoms with Gasteiger partial charge in [-0.1, -0.05) is 44.5 Å². The monoisotopic (exact) mass is 427 g/mol. The van der Waals surface area contributed by atoms with Crippen molar-refractivity contribution >= 4 is 10.0 Å². The van der Waals surface area contributed by atoms with Crippen molar-refractivity contribution < 1.29 is 13.2 Å². The van der Waals surface area contributed by atoms with Crippen molar-refractivity contribution in [2.45, 2.75) is 69.7 Å². The summed E-state index contributed by atoms with van der Waals surface area (Å²) in [7, 11) is -1.83. The molecule has 0 amide bonds.